The quantitative estimate of drug-likeness (QED) is 0.587. The Labute approximate surface area is 135 Å². The minimum Gasteiger partial charge on any atom is -0.298 e. The highest BCUT2D eigenvalue weighted by Gasteiger charge is 2.06. The Morgan fingerprint density at radius 1 is 1.13 bits per heavy atom. The van der Waals surface area contributed by atoms with E-state index in [2.05, 4.69) is 15.3 Å². The molecule has 0 unspecified atom stereocenters. The molecule has 7 nitrogen and oxygen atoms in total. The van der Waals surface area contributed by atoms with Crippen molar-refractivity contribution in [2.45, 2.75) is 0 Å². The van der Waals surface area contributed by atoms with Crippen LogP contribution in [0.1, 0.15) is 10.4 Å². The molecule has 0 aliphatic rings. The fraction of sp³-hybridized carbons (Fsp3) is 0. The predicted octanol–water partition coefficient (Wildman–Crippen LogP) is 3.39. The molecule has 0 bridgehead atoms. The maximum absolute atomic E-state index is 11.5. The van der Waals surface area contributed by atoms with E-state index in [1.807, 2.05) is 0 Å². The number of anilines is 1. The van der Waals surface area contributed by atoms with Gasteiger partial charge in [-0.15, -0.1) is 11.3 Å². The van der Waals surface area contributed by atoms with Crippen molar-refractivity contribution in [1.82, 2.24) is 9.97 Å². The Morgan fingerprint density at radius 2 is 1.91 bits per heavy atom. The fourth-order valence-electron chi connectivity index (χ4n) is 1.50. The van der Waals surface area contributed by atoms with Gasteiger partial charge in [0, 0.05) is 36.1 Å². The minimum absolute atomic E-state index is 0.137. The smallest absolute Gasteiger partial charge is 0.269 e. The summed E-state index contributed by atoms with van der Waals surface area (Å²) in [5.41, 5.74) is 0.667. The van der Waals surface area contributed by atoms with E-state index in [0.29, 0.717) is 10.7 Å². The maximum Gasteiger partial charge on any atom is 0.269 e. The van der Waals surface area contributed by atoms with Crippen molar-refractivity contribution in [2.24, 2.45) is 0 Å². The van der Waals surface area contributed by atoms with E-state index in [0.717, 1.165) is 0 Å². The molecule has 1 aromatic carbocycles. The third-order valence-corrected chi connectivity index (χ3v) is 3.23. The van der Waals surface area contributed by atoms with Gasteiger partial charge in [-0.05, 0) is 12.1 Å². The number of hydrogen-bond donors (Lipinski definition) is 1. The SMILES string of the molecule is O=C(Nc1nccs1)c1cccnc1.O=[N+]([O-])c1ccccc1. The van der Waals surface area contributed by atoms with Crippen LogP contribution < -0.4 is 5.32 Å². The first kappa shape index (κ1) is 16.2. The number of nitro benzene ring substituents is 1. The third kappa shape index (κ3) is 5.29. The first-order chi connectivity index (χ1) is 11.2. The highest BCUT2D eigenvalue weighted by atomic mass is 32.1. The number of hydrogen-bond acceptors (Lipinski definition) is 6. The topological polar surface area (TPSA) is 98.0 Å². The van der Waals surface area contributed by atoms with Crippen LogP contribution in [0.15, 0.2) is 66.4 Å². The van der Waals surface area contributed by atoms with Crippen LogP contribution in [-0.2, 0) is 0 Å². The van der Waals surface area contributed by atoms with Gasteiger partial charge in [0.1, 0.15) is 0 Å². The van der Waals surface area contributed by atoms with Crippen LogP contribution in [0, 0.1) is 10.1 Å². The van der Waals surface area contributed by atoms with Gasteiger partial charge in [-0.25, -0.2) is 4.98 Å². The average molecular weight is 328 g/mol. The molecule has 2 heterocycles. The molecule has 116 valence electrons. The number of thiazole rings is 1. The number of aromatic nitrogens is 2. The van der Waals surface area contributed by atoms with Crippen LogP contribution in [0.25, 0.3) is 0 Å². The highest BCUT2D eigenvalue weighted by molar-refractivity contribution is 7.13. The molecular formula is C15H12N4O3S. The van der Waals surface area contributed by atoms with Crippen LogP contribution in [-0.4, -0.2) is 20.8 Å². The van der Waals surface area contributed by atoms with Gasteiger partial charge in [-0.2, -0.15) is 0 Å². The summed E-state index contributed by atoms with van der Waals surface area (Å²) < 4.78 is 0. The van der Waals surface area contributed by atoms with Crippen LogP contribution in [0.2, 0.25) is 0 Å². The molecule has 0 aliphatic heterocycles. The van der Waals surface area contributed by atoms with Gasteiger partial charge in [0.25, 0.3) is 11.6 Å². The number of benzene rings is 1. The Morgan fingerprint density at radius 3 is 2.43 bits per heavy atom. The number of amides is 1. The van der Waals surface area contributed by atoms with Crippen LogP contribution in [0.3, 0.4) is 0 Å². The summed E-state index contributed by atoms with van der Waals surface area (Å²) in [5.74, 6) is -0.187. The zero-order valence-corrected chi connectivity index (χ0v) is 12.6. The predicted molar refractivity (Wildman–Crippen MR) is 87.4 cm³/mol. The van der Waals surface area contributed by atoms with Crippen LogP contribution >= 0.6 is 11.3 Å². The van der Waals surface area contributed by atoms with Gasteiger partial charge in [0.2, 0.25) is 0 Å². The maximum atomic E-state index is 11.5. The summed E-state index contributed by atoms with van der Waals surface area (Å²) in [7, 11) is 0. The van der Waals surface area contributed by atoms with E-state index in [1.165, 1.54) is 29.7 Å². The molecule has 23 heavy (non-hydrogen) atoms. The molecule has 0 aliphatic carbocycles. The van der Waals surface area contributed by atoms with Gasteiger partial charge < -0.3 is 0 Å². The number of non-ortho nitro benzene ring substituents is 1. The fourth-order valence-corrected chi connectivity index (χ4v) is 2.03. The van der Waals surface area contributed by atoms with Crippen molar-refractivity contribution >= 4 is 28.1 Å². The van der Waals surface area contributed by atoms with Crippen molar-refractivity contribution < 1.29 is 9.72 Å². The second-order valence-corrected chi connectivity index (χ2v) is 5.02. The van der Waals surface area contributed by atoms with E-state index in [4.69, 9.17) is 0 Å². The molecule has 2 aromatic heterocycles. The summed E-state index contributed by atoms with van der Waals surface area (Å²) in [6.07, 6.45) is 4.78. The molecule has 0 fully saturated rings. The van der Waals surface area contributed by atoms with E-state index >= 15 is 0 Å². The van der Waals surface area contributed by atoms with Crippen molar-refractivity contribution in [1.29, 1.82) is 0 Å². The normalized spacial score (nSPS) is 9.39. The first-order valence-electron chi connectivity index (χ1n) is 6.47. The standard InChI is InChI=1S/C9H7N3OS.C6H5NO2/c13-8(7-2-1-3-10-6-7)12-9-11-4-5-14-9;8-7(9)6-4-2-1-3-5-6/h1-6H,(H,11,12,13);1-5H. The van der Waals surface area contributed by atoms with Crippen molar-refractivity contribution in [3.8, 4) is 0 Å². The van der Waals surface area contributed by atoms with Crippen LogP contribution in [0.5, 0.6) is 0 Å². The largest absolute Gasteiger partial charge is 0.298 e. The minimum atomic E-state index is -0.417. The lowest BCUT2D eigenvalue weighted by Gasteiger charge is -1.99. The Hall–Kier alpha value is -3.13. The first-order valence-corrected chi connectivity index (χ1v) is 7.35. The number of rotatable bonds is 3. The molecule has 0 atom stereocenters. The van der Waals surface area contributed by atoms with Crippen LogP contribution in [0.4, 0.5) is 10.8 Å². The Balaban J connectivity index is 0.000000185. The molecule has 0 saturated carbocycles. The molecule has 0 spiro atoms. The highest BCUT2D eigenvalue weighted by Crippen LogP contribution is 2.11. The van der Waals surface area contributed by atoms with Gasteiger partial charge in [0.05, 0.1) is 10.5 Å². The number of nitrogens with one attached hydrogen (secondary N) is 1. The molecule has 3 aromatic rings. The molecule has 8 heteroatoms. The number of para-hydroxylation sites is 1. The number of carbonyl (C=O) groups is 1. The van der Waals surface area contributed by atoms with E-state index in [1.54, 1.807) is 48.1 Å². The second-order valence-electron chi connectivity index (χ2n) is 4.13. The van der Waals surface area contributed by atoms with Crippen molar-refractivity contribution in [3.63, 3.8) is 0 Å². The lowest BCUT2D eigenvalue weighted by atomic mass is 10.3. The summed E-state index contributed by atoms with van der Waals surface area (Å²) in [4.78, 5) is 28.9. The molecule has 0 radical (unpaired) electrons. The molecule has 1 N–H and O–H groups in total. The second kappa shape index (κ2) is 8.35. The zero-order chi connectivity index (χ0) is 16.5. The molecule has 3 rings (SSSR count). The summed E-state index contributed by atoms with van der Waals surface area (Å²) in [5, 5.41) is 15.1. The Kier molecular flexibility index (Phi) is 5.89. The van der Waals surface area contributed by atoms with E-state index < -0.39 is 4.92 Å². The monoisotopic (exact) mass is 328 g/mol. The zero-order valence-electron chi connectivity index (χ0n) is 11.8. The number of carbonyl (C=O) groups excluding carboxylic acids is 1. The average Bonchev–Trinajstić information content (AvgIpc) is 3.10. The van der Waals surface area contributed by atoms with E-state index in [-0.39, 0.29) is 11.6 Å². The lowest BCUT2D eigenvalue weighted by Crippen LogP contribution is -2.11. The molecule has 1 amide bonds. The number of nitro groups is 1. The lowest BCUT2D eigenvalue weighted by molar-refractivity contribution is -0.384. The van der Waals surface area contributed by atoms with Gasteiger partial charge in [-0.3, -0.25) is 25.2 Å². The van der Waals surface area contributed by atoms with Gasteiger partial charge >= 0.3 is 0 Å². The van der Waals surface area contributed by atoms with Gasteiger partial charge in [-0.1, -0.05) is 18.2 Å². The molecular weight excluding hydrogens is 316 g/mol. The van der Waals surface area contributed by atoms with E-state index in [9.17, 15) is 14.9 Å². The molecule has 0 saturated heterocycles. The van der Waals surface area contributed by atoms with Crippen molar-refractivity contribution in [3.05, 3.63) is 82.1 Å². The Bertz CT molecular complexity index is 749. The summed E-state index contributed by atoms with van der Waals surface area (Å²) in [6, 6.07) is 11.4. The van der Waals surface area contributed by atoms with Crippen molar-refractivity contribution in [2.75, 3.05) is 5.32 Å². The number of pyridine rings is 1. The summed E-state index contributed by atoms with van der Waals surface area (Å²) >= 11 is 1.38. The summed E-state index contributed by atoms with van der Waals surface area (Å²) in [6.45, 7) is 0. The van der Waals surface area contributed by atoms with Gasteiger partial charge in [0.15, 0.2) is 5.13 Å². The number of nitrogens with zero attached hydrogens (tertiary/aromatic N) is 3. The third-order valence-electron chi connectivity index (χ3n) is 2.54.